The summed E-state index contributed by atoms with van der Waals surface area (Å²) in [6, 6.07) is 28.4. The van der Waals surface area contributed by atoms with Crippen LogP contribution in [-0.4, -0.2) is 32.8 Å². The molecule has 0 spiro atoms. The van der Waals surface area contributed by atoms with E-state index >= 15 is 0 Å². The number of rotatable bonds is 8. The number of nitrogens with zero attached hydrogens (tertiary/aromatic N) is 2. The molecule has 4 aromatic rings. The van der Waals surface area contributed by atoms with Crippen LogP contribution in [0.4, 0.5) is 5.69 Å². The number of carbonyl (C=O) groups excluding carboxylic acids is 1. The van der Waals surface area contributed by atoms with Gasteiger partial charge in [0.2, 0.25) is 10.0 Å². The third-order valence-corrected chi connectivity index (χ3v) is 6.60. The maximum Gasteiger partial charge on any atom is 0.263 e. The second-order valence-corrected chi connectivity index (χ2v) is 9.81. The predicted octanol–water partition coefficient (Wildman–Crippen LogP) is 4.94. The number of anilines is 1. The molecule has 0 saturated heterocycles. The molecule has 178 valence electrons. The van der Waals surface area contributed by atoms with E-state index in [4.69, 9.17) is 4.74 Å². The highest BCUT2D eigenvalue weighted by Crippen LogP contribution is 2.27. The van der Waals surface area contributed by atoms with E-state index in [1.165, 1.54) is 6.92 Å². The van der Waals surface area contributed by atoms with Crippen molar-refractivity contribution in [3.8, 4) is 11.5 Å². The highest BCUT2D eigenvalue weighted by atomic mass is 32.2. The van der Waals surface area contributed by atoms with Crippen molar-refractivity contribution in [1.29, 1.82) is 0 Å². The van der Waals surface area contributed by atoms with Gasteiger partial charge in [-0.05, 0) is 54.1 Å². The first-order chi connectivity index (χ1) is 16.8. The van der Waals surface area contributed by atoms with Gasteiger partial charge in [-0.3, -0.25) is 9.10 Å². The van der Waals surface area contributed by atoms with Gasteiger partial charge in [-0.1, -0.05) is 60.7 Å². The summed E-state index contributed by atoms with van der Waals surface area (Å²) in [6.45, 7) is 1.51. The number of para-hydroxylation sites is 1. The zero-order chi connectivity index (χ0) is 24.8. The van der Waals surface area contributed by atoms with Gasteiger partial charge in [0.05, 0.1) is 18.2 Å². The lowest BCUT2D eigenvalue weighted by Crippen LogP contribution is -2.46. The SMILES string of the molecule is C[C@@H](C(=O)N/N=C\c1cccc2ccccc12)N(c1ccc(Oc2ccccc2)cc1)S(C)(=O)=O. The topological polar surface area (TPSA) is 88.1 Å². The minimum absolute atomic E-state index is 0.341. The van der Waals surface area contributed by atoms with Gasteiger partial charge in [0, 0.05) is 5.56 Å². The highest BCUT2D eigenvalue weighted by Gasteiger charge is 2.29. The third-order valence-electron chi connectivity index (χ3n) is 5.36. The fourth-order valence-electron chi connectivity index (χ4n) is 3.72. The maximum absolute atomic E-state index is 12.8. The zero-order valence-corrected chi connectivity index (χ0v) is 20.1. The molecule has 35 heavy (non-hydrogen) atoms. The normalized spacial score (nSPS) is 12.4. The molecule has 0 aliphatic heterocycles. The Morgan fingerprint density at radius 2 is 1.51 bits per heavy atom. The molecular weight excluding hydrogens is 462 g/mol. The Morgan fingerprint density at radius 3 is 2.23 bits per heavy atom. The largest absolute Gasteiger partial charge is 0.457 e. The molecule has 0 bridgehead atoms. The van der Waals surface area contributed by atoms with Gasteiger partial charge in [-0.2, -0.15) is 5.10 Å². The molecule has 4 aromatic carbocycles. The molecule has 0 unspecified atom stereocenters. The van der Waals surface area contributed by atoms with Gasteiger partial charge in [0.15, 0.2) is 0 Å². The molecular formula is C27H25N3O4S. The average Bonchev–Trinajstić information content (AvgIpc) is 2.85. The quantitative estimate of drug-likeness (QED) is 0.282. The van der Waals surface area contributed by atoms with Gasteiger partial charge in [-0.15, -0.1) is 0 Å². The number of amides is 1. The number of hydrogen-bond donors (Lipinski definition) is 1. The maximum atomic E-state index is 12.8. The molecule has 1 N–H and O–H groups in total. The number of ether oxygens (including phenoxy) is 1. The summed E-state index contributed by atoms with van der Waals surface area (Å²) >= 11 is 0. The van der Waals surface area contributed by atoms with Gasteiger partial charge >= 0.3 is 0 Å². The van der Waals surface area contributed by atoms with E-state index in [1.807, 2.05) is 72.8 Å². The molecule has 0 fully saturated rings. The van der Waals surface area contributed by atoms with Crippen LogP contribution in [0.3, 0.4) is 0 Å². The summed E-state index contributed by atoms with van der Waals surface area (Å²) in [5.41, 5.74) is 3.64. The van der Waals surface area contributed by atoms with Gasteiger partial charge in [0.25, 0.3) is 5.91 Å². The van der Waals surface area contributed by atoms with Crippen molar-refractivity contribution in [1.82, 2.24) is 5.43 Å². The lowest BCUT2D eigenvalue weighted by atomic mass is 10.1. The third kappa shape index (κ3) is 5.85. The van der Waals surface area contributed by atoms with Crippen LogP contribution < -0.4 is 14.5 Å². The molecule has 0 aliphatic carbocycles. The number of carbonyl (C=O) groups is 1. The Morgan fingerprint density at radius 1 is 0.886 bits per heavy atom. The first-order valence-electron chi connectivity index (χ1n) is 11.0. The Kier molecular flexibility index (Phi) is 7.12. The summed E-state index contributed by atoms with van der Waals surface area (Å²) in [7, 11) is -3.76. The zero-order valence-electron chi connectivity index (χ0n) is 19.3. The van der Waals surface area contributed by atoms with Crippen molar-refractivity contribution in [3.05, 3.63) is 103 Å². The smallest absolute Gasteiger partial charge is 0.263 e. The van der Waals surface area contributed by atoms with E-state index in [0.29, 0.717) is 17.2 Å². The van der Waals surface area contributed by atoms with Crippen LogP contribution in [0.2, 0.25) is 0 Å². The highest BCUT2D eigenvalue weighted by molar-refractivity contribution is 7.92. The standard InChI is InChI=1S/C27H25N3O4S/c1-20(27(31)29-28-19-22-11-8-10-21-9-6-7-14-26(21)22)30(35(2,32)33)23-15-17-25(18-16-23)34-24-12-4-3-5-13-24/h3-20H,1-2H3,(H,29,31)/b28-19-/t20-/m0/s1. The summed E-state index contributed by atoms with van der Waals surface area (Å²) in [4.78, 5) is 12.8. The molecule has 0 radical (unpaired) electrons. The lowest BCUT2D eigenvalue weighted by Gasteiger charge is -2.27. The van der Waals surface area contributed by atoms with Crippen molar-refractivity contribution >= 4 is 38.6 Å². The predicted molar refractivity (Wildman–Crippen MR) is 139 cm³/mol. The number of fused-ring (bicyclic) bond motifs is 1. The van der Waals surface area contributed by atoms with Crippen LogP contribution >= 0.6 is 0 Å². The molecule has 8 heteroatoms. The van der Waals surface area contributed by atoms with E-state index in [1.54, 1.807) is 30.5 Å². The fourth-order valence-corrected chi connectivity index (χ4v) is 4.89. The number of sulfonamides is 1. The molecule has 4 rings (SSSR count). The molecule has 0 saturated carbocycles. The minimum atomic E-state index is -3.76. The van der Waals surface area contributed by atoms with E-state index in [2.05, 4.69) is 10.5 Å². The molecule has 0 aliphatic rings. The fraction of sp³-hybridized carbons (Fsp3) is 0.111. The Balaban J connectivity index is 1.49. The molecule has 0 aromatic heterocycles. The number of nitrogens with one attached hydrogen (secondary N) is 1. The molecule has 7 nitrogen and oxygen atoms in total. The molecule has 0 heterocycles. The van der Waals surface area contributed by atoms with Crippen molar-refractivity contribution in [2.45, 2.75) is 13.0 Å². The van der Waals surface area contributed by atoms with Crippen LogP contribution in [-0.2, 0) is 14.8 Å². The van der Waals surface area contributed by atoms with Crippen molar-refractivity contribution < 1.29 is 17.9 Å². The van der Waals surface area contributed by atoms with E-state index in [-0.39, 0.29) is 0 Å². The minimum Gasteiger partial charge on any atom is -0.457 e. The summed E-state index contributed by atoms with van der Waals surface area (Å²) < 4.78 is 32.0. The summed E-state index contributed by atoms with van der Waals surface area (Å²) in [5.74, 6) is 0.652. The van der Waals surface area contributed by atoms with Crippen LogP contribution in [0.5, 0.6) is 11.5 Å². The Labute approximate surface area is 204 Å². The number of hydrazone groups is 1. The van der Waals surface area contributed by atoms with Crippen molar-refractivity contribution in [2.24, 2.45) is 5.10 Å². The first-order valence-corrected chi connectivity index (χ1v) is 12.8. The Hall–Kier alpha value is -4.17. The molecule has 1 amide bonds. The van der Waals surface area contributed by atoms with E-state index in [9.17, 15) is 13.2 Å². The van der Waals surface area contributed by atoms with Crippen LogP contribution in [0.25, 0.3) is 10.8 Å². The number of benzene rings is 4. The van der Waals surface area contributed by atoms with Gasteiger partial charge in [0.1, 0.15) is 17.5 Å². The van der Waals surface area contributed by atoms with Gasteiger partial charge < -0.3 is 4.74 Å². The second kappa shape index (κ2) is 10.4. The average molecular weight is 488 g/mol. The number of hydrogen-bond acceptors (Lipinski definition) is 5. The van der Waals surface area contributed by atoms with Crippen LogP contribution in [0.1, 0.15) is 12.5 Å². The lowest BCUT2D eigenvalue weighted by molar-refractivity contribution is -0.121. The summed E-state index contributed by atoms with van der Waals surface area (Å²) in [6.07, 6.45) is 2.61. The van der Waals surface area contributed by atoms with Crippen LogP contribution in [0, 0.1) is 0 Å². The second-order valence-electron chi connectivity index (χ2n) is 7.95. The van der Waals surface area contributed by atoms with E-state index in [0.717, 1.165) is 26.9 Å². The van der Waals surface area contributed by atoms with Gasteiger partial charge in [-0.25, -0.2) is 13.8 Å². The first kappa shape index (κ1) is 24.0. The van der Waals surface area contributed by atoms with Crippen LogP contribution in [0.15, 0.2) is 102 Å². The molecule has 1 atom stereocenters. The monoisotopic (exact) mass is 487 g/mol. The van der Waals surface area contributed by atoms with E-state index < -0.39 is 22.0 Å². The van der Waals surface area contributed by atoms with Crippen molar-refractivity contribution in [3.63, 3.8) is 0 Å². The summed E-state index contributed by atoms with van der Waals surface area (Å²) in [5, 5.41) is 6.12. The Bertz CT molecular complexity index is 1450. The van der Waals surface area contributed by atoms with Crippen molar-refractivity contribution in [2.75, 3.05) is 10.6 Å².